The van der Waals surface area contributed by atoms with Gasteiger partial charge in [0.2, 0.25) is 5.89 Å². The predicted molar refractivity (Wildman–Crippen MR) is 77.1 cm³/mol. The van der Waals surface area contributed by atoms with Gasteiger partial charge in [0.1, 0.15) is 0 Å². The maximum Gasteiger partial charge on any atom is 0.240 e. The molecule has 19 heavy (non-hydrogen) atoms. The van der Waals surface area contributed by atoms with Crippen molar-refractivity contribution in [3.8, 4) is 0 Å². The van der Waals surface area contributed by atoms with Crippen molar-refractivity contribution < 1.29 is 4.52 Å². The van der Waals surface area contributed by atoms with Crippen LogP contribution >= 0.6 is 12.4 Å². The van der Waals surface area contributed by atoms with Gasteiger partial charge in [-0.05, 0) is 45.6 Å². The first kappa shape index (κ1) is 16.4. The maximum absolute atomic E-state index is 5.95. The largest absolute Gasteiger partial charge is 0.338 e. The van der Waals surface area contributed by atoms with Crippen molar-refractivity contribution in [3.05, 3.63) is 11.7 Å². The molecule has 1 heterocycles. The average molecular weight is 289 g/mol. The van der Waals surface area contributed by atoms with E-state index in [9.17, 15) is 0 Å². The Labute approximate surface area is 121 Å². The Morgan fingerprint density at radius 1 is 1.42 bits per heavy atom. The van der Waals surface area contributed by atoms with E-state index in [0.717, 1.165) is 32.0 Å². The van der Waals surface area contributed by atoms with Gasteiger partial charge in [-0.1, -0.05) is 12.1 Å². The van der Waals surface area contributed by atoms with Gasteiger partial charge in [0.05, 0.1) is 12.1 Å². The van der Waals surface area contributed by atoms with E-state index in [4.69, 9.17) is 10.3 Å². The Balaban J connectivity index is 0.00000180. The lowest BCUT2D eigenvalue weighted by atomic mass is 10.1. The summed E-state index contributed by atoms with van der Waals surface area (Å²) in [7, 11) is 0. The topological polar surface area (TPSA) is 68.2 Å². The van der Waals surface area contributed by atoms with Gasteiger partial charge >= 0.3 is 0 Å². The summed E-state index contributed by atoms with van der Waals surface area (Å²) in [4.78, 5) is 6.79. The zero-order valence-corrected chi connectivity index (χ0v) is 12.9. The Kier molecular flexibility index (Phi) is 5.77. The minimum absolute atomic E-state index is 0. The van der Waals surface area contributed by atoms with Crippen LogP contribution in [-0.2, 0) is 12.1 Å². The highest BCUT2D eigenvalue weighted by Crippen LogP contribution is 2.30. The second kappa shape index (κ2) is 6.68. The Morgan fingerprint density at radius 3 is 2.58 bits per heavy atom. The molecule has 110 valence electrons. The smallest absolute Gasteiger partial charge is 0.240 e. The first-order valence-corrected chi connectivity index (χ1v) is 6.83. The molecule has 1 fully saturated rings. The van der Waals surface area contributed by atoms with Gasteiger partial charge in [0.25, 0.3) is 0 Å². The van der Waals surface area contributed by atoms with Gasteiger partial charge in [-0.25, -0.2) is 0 Å². The van der Waals surface area contributed by atoms with Crippen molar-refractivity contribution in [2.75, 3.05) is 13.1 Å². The zero-order chi connectivity index (χ0) is 13.2. The van der Waals surface area contributed by atoms with E-state index in [1.807, 2.05) is 13.8 Å². The Morgan fingerprint density at radius 2 is 2.11 bits per heavy atom. The molecule has 0 amide bonds. The molecule has 0 spiro atoms. The third-order valence-electron chi connectivity index (χ3n) is 3.16. The second-order valence-electron chi connectivity index (χ2n) is 5.91. The molecule has 0 bridgehead atoms. The van der Waals surface area contributed by atoms with Crippen LogP contribution in [0.1, 0.15) is 51.7 Å². The summed E-state index contributed by atoms with van der Waals surface area (Å²) in [5, 5.41) is 3.96. The fraction of sp³-hybridized carbons (Fsp3) is 0.846. The van der Waals surface area contributed by atoms with E-state index < -0.39 is 5.54 Å². The van der Waals surface area contributed by atoms with Crippen LogP contribution in [0.25, 0.3) is 0 Å². The molecule has 1 aliphatic rings. The molecular weight excluding hydrogens is 264 g/mol. The molecule has 1 aromatic rings. The second-order valence-corrected chi connectivity index (χ2v) is 5.91. The van der Waals surface area contributed by atoms with Gasteiger partial charge in [-0.3, -0.25) is 4.90 Å². The third-order valence-corrected chi connectivity index (χ3v) is 3.16. The number of hydrogen-bond donors (Lipinski definition) is 1. The van der Waals surface area contributed by atoms with Crippen molar-refractivity contribution in [1.29, 1.82) is 0 Å². The van der Waals surface area contributed by atoms with E-state index in [-0.39, 0.29) is 12.4 Å². The predicted octanol–water partition coefficient (Wildman–Crippen LogP) is 2.31. The highest BCUT2D eigenvalue weighted by molar-refractivity contribution is 5.85. The van der Waals surface area contributed by atoms with Gasteiger partial charge in [-0.15, -0.1) is 12.4 Å². The molecule has 0 radical (unpaired) electrons. The summed E-state index contributed by atoms with van der Waals surface area (Å²) in [5.41, 5.74) is 5.42. The Bertz CT molecular complexity index is 384. The summed E-state index contributed by atoms with van der Waals surface area (Å²) in [6.45, 7) is 8.94. The average Bonchev–Trinajstić information content (AvgIpc) is 2.93. The maximum atomic E-state index is 5.95. The lowest BCUT2D eigenvalue weighted by molar-refractivity contribution is 0.218. The highest BCUT2D eigenvalue weighted by atomic mass is 35.5. The van der Waals surface area contributed by atoms with Crippen LogP contribution in [0.4, 0.5) is 0 Å². The van der Waals surface area contributed by atoms with E-state index in [0.29, 0.717) is 11.7 Å². The molecule has 0 aliphatic heterocycles. The SMILES string of the molecule is CCCN(Cc1nc(C(C)(C)N)no1)CC1CC1.Cl. The van der Waals surface area contributed by atoms with Gasteiger partial charge in [0, 0.05) is 6.54 Å². The van der Waals surface area contributed by atoms with Gasteiger partial charge < -0.3 is 10.3 Å². The lowest BCUT2D eigenvalue weighted by Crippen LogP contribution is -2.30. The van der Waals surface area contributed by atoms with Crippen LogP contribution in [-0.4, -0.2) is 28.1 Å². The van der Waals surface area contributed by atoms with Crippen LogP contribution in [0, 0.1) is 5.92 Å². The van der Waals surface area contributed by atoms with Crippen LogP contribution in [0.3, 0.4) is 0 Å². The molecule has 0 saturated heterocycles. The highest BCUT2D eigenvalue weighted by Gasteiger charge is 2.26. The van der Waals surface area contributed by atoms with Crippen LogP contribution < -0.4 is 5.73 Å². The fourth-order valence-corrected chi connectivity index (χ4v) is 1.99. The summed E-state index contributed by atoms with van der Waals surface area (Å²) < 4.78 is 5.29. The molecule has 1 aliphatic carbocycles. The standard InChI is InChI=1S/C13H24N4O.ClH/c1-4-7-17(8-10-5-6-10)9-11-15-12(16-18-11)13(2,3)14;/h10H,4-9,14H2,1-3H3;1H. The summed E-state index contributed by atoms with van der Waals surface area (Å²) >= 11 is 0. The zero-order valence-electron chi connectivity index (χ0n) is 12.1. The normalized spacial score (nSPS) is 15.6. The number of aromatic nitrogens is 2. The number of halogens is 1. The van der Waals surface area contributed by atoms with E-state index in [1.165, 1.54) is 12.8 Å². The Hall–Kier alpha value is -0.650. The van der Waals surface area contributed by atoms with Gasteiger partial charge in [-0.2, -0.15) is 4.98 Å². The van der Waals surface area contributed by atoms with Crippen LogP contribution in [0.5, 0.6) is 0 Å². The molecule has 6 heteroatoms. The minimum atomic E-state index is -0.534. The molecule has 5 nitrogen and oxygen atoms in total. The van der Waals surface area contributed by atoms with Crippen LogP contribution in [0.2, 0.25) is 0 Å². The fourth-order valence-electron chi connectivity index (χ4n) is 1.99. The van der Waals surface area contributed by atoms with Gasteiger partial charge in [0.15, 0.2) is 5.82 Å². The van der Waals surface area contributed by atoms with Crippen molar-refractivity contribution in [1.82, 2.24) is 15.0 Å². The van der Waals surface area contributed by atoms with Crippen molar-refractivity contribution in [2.24, 2.45) is 11.7 Å². The monoisotopic (exact) mass is 288 g/mol. The van der Waals surface area contributed by atoms with Crippen LogP contribution in [0.15, 0.2) is 4.52 Å². The summed E-state index contributed by atoms with van der Waals surface area (Å²) in [6.07, 6.45) is 3.88. The molecule has 1 saturated carbocycles. The van der Waals surface area contributed by atoms with Crippen molar-refractivity contribution in [2.45, 2.75) is 52.1 Å². The quantitative estimate of drug-likeness (QED) is 0.834. The number of nitrogens with two attached hydrogens (primary N) is 1. The molecule has 0 aromatic carbocycles. The lowest BCUT2D eigenvalue weighted by Gasteiger charge is -2.19. The third kappa shape index (κ3) is 5.09. The molecule has 1 aromatic heterocycles. The van der Waals surface area contributed by atoms with E-state index >= 15 is 0 Å². The number of hydrogen-bond acceptors (Lipinski definition) is 5. The minimum Gasteiger partial charge on any atom is -0.338 e. The molecule has 0 atom stereocenters. The van der Waals surface area contributed by atoms with E-state index in [1.54, 1.807) is 0 Å². The summed E-state index contributed by atoms with van der Waals surface area (Å²) in [5.74, 6) is 2.14. The summed E-state index contributed by atoms with van der Waals surface area (Å²) in [6, 6.07) is 0. The molecular formula is C13H25ClN4O. The number of nitrogens with zero attached hydrogens (tertiary/aromatic N) is 3. The van der Waals surface area contributed by atoms with E-state index in [2.05, 4.69) is 22.0 Å². The first-order valence-electron chi connectivity index (χ1n) is 6.83. The van der Waals surface area contributed by atoms with Crippen molar-refractivity contribution >= 4 is 12.4 Å². The first-order chi connectivity index (χ1) is 8.49. The van der Waals surface area contributed by atoms with Crippen molar-refractivity contribution in [3.63, 3.8) is 0 Å². The molecule has 2 N–H and O–H groups in total. The molecule has 2 rings (SSSR count). The molecule has 0 unspecified atom stereocenters. The number of rotatable bonds is 7.